The Balaban J connectivity index is 1.68. The van der Waals surface area contributed by atoms with Gasteiger partial charge in [-0.3, -0.25) is 0 Å². The molecule has 1 heterocycles. The van der Waals surface area contributed by atoms with E-state index in [0.29, 0.717) is 25.4 Å². The molecular formula is C17H15Cl2NO3S. The van der Waals surface area contributed by atoms with Crippen LogP contribution in [0.2, 0.25) is 10.0 Å². The number of hydrogen-bond donors (Lipinski definition) is 1. The van der Waals surface area contributed by atoms with Crippen LogP contribution in [0.5, 0.6) is 17.2 Å². The summed E-state index contributed by atoms with van der Waals surface area (Å²) in [5.74, 6) is 1.23. The number of phenols is 1. The van der Waals surface area contributed by atoms with Gasteiger partial charge in [0.15, 0.2) is 5.75 Å². The van der Waals surface area contributed by atoms with E-state index >= 15 is 0 Å². The van der Waals surface area contributed by atoms with E-state index in [4.69, 9.17) is 32.7 Å². The van der Waals surface area contributed by atoms with E-state index in [1.165, 1.54) is 12.1 Å². The lowest BCUT2D eigenvalue weighted by molar-refractivity contribution is 0.321. The average molecular weight is 384 g/mol. The molecule has 0 spiro atoms. The monoisotopic (exact) mass is 383 g/mol. The van der Waals surface area contributed by atoms with Crippen LogP contribution in [0.3, 0.4) is 0 Å². The highest BCUT2D eigenvalue weighted by Gasteiger charge is 2.11. The average Bonchev–Trinajstić information content (AvgIpc) is 2.92. The first-order chi connectivity index (χ1) is 11.6. The third-order valence-electron chi connectivity index (χ3n) is 3.26. The lowest BCUT2D eigenvalue weighted by atomic mass is 10.3. The first-order valence-electron chi connectivity index (χ1n) is 7.40. The molecule has 0 aliphatic rings. The number of nitrogens with zero attached hydrogens (tertiary/aromatic N) is 1. The molecule has 7 heteroatoms. The van der Waals surface area contributed by atoms with Crippen molar-refractivity contribution in [1.82, 2.24) is 4.98 Å². The van der Waals surface area contributed by atoms with Crippen molar-refractivity contribution in [3.63, 3.8) is 0 Å². The number of fused-ring (bicyclic) bond motifs is 1. The Labute approximate surface area is 153 Å². The molecule has 0 atom stereocenters. The van der Waals surface area contributed by atoms with Crippen LogP contribution in [-0.4, -0.2) is 23.3 Å². The molecule has 0 aliphatic heterocycles. The molecule has 0 saturated heterocycles. The van der Waals surface area contributed by atoms with Crippen molar-refractivity contribution in [1.29, 1.82) is 0 Å². The Morgan fingerprint density at radius 3 is 2.58 bits per heavy atom. The van der Waals surface area contributed by atoms with Crippen molar-refractivity contribution in [2.75, 3.05) is 13.2 Å². The summed E-state index contributed by atoms with van der Waals surface area (Å²) in [5, 5.41) is 10.9. The zero-order valence-electron chi connectivity index (χ0n) is 12.9. The summed E-state index contributed by atoms with van der Waals surface area (Å²) in [4.78, 5) is 4.58. The maximum absolute atomic E-state index is 9.42. The fraction of sp³-hybridized carbons (Fsp3) is 0.235. The minimum atomic E-state index is 0.00799. The van der Waals surface area contributed by atoms with Crippen LogP contribution in [0.1, 0.15) is 11.9 Å². The Kier molecular flexibility index (Phi) is 5.33. The van der Waals surface area contributed by atoms with E-state index in [0.717, 1.165) is 21.0 Å². The molecule has 1 aromatic heterocycles. The summed E-state index contributed by atoms with van der Waals surface area (Å²) in [5.41, 5.74) is 0.944. The summed E-state index contributed by atoms with van der Waals surface area (Å²) >= 11 is 13.7. The van der Waals surface area contributed by atoms with E-state index in [9.17, 15) is 5.11 Å². The van der Waals surface area contributed by atoms with Crippen LogP contribution in [0.25, 0.3) is 10.2 Å². The number of hydrogen-bond acceptors (Lipinski definition) is 5. The Morgan fingerprint density at radius 2 is 1.88 bits per heavy atom. The first-order valence-corrected chi connectivity index (χ1v) is 8.97. The van der Waals surface area contributed by atoms with Gasteiger partial charge in [-0.05, 0) is 25.1 Å². The van der Waals surface area contributed by atoms with E-state index in [-0.39, 0.29) is 15.8 Å². The minimum absolute atomic E-state index is 0.00799. The van der Waals surface area contributed by atoms with Gasteiger partial charge in [-0.15, -0.1) is 11.3 Å². The second kappa shape index (κ2) is 7.47. The minimum Gasteiger partial charge on any atom is -0.508 e. The summed E-state index contributed by atoms with van der Waals surface area (Å²) < 4.78 is 12.2. The van der Waals surface area contributed by atoms with Crippen LogP contribution >= 0.6 is 34.5 Å². The van der Waals surface area contributed by atoms with Crippen molar-refractivity contribution >= 4 is 44.8 Å². The van der Waals surface area contributed by atoms with Gasteiger partial charge < -0.3 is 14.6 Å². The quantitative estimate of drug-likeness (QED) is 0.624. The maximum Gasteiger partial charge on any atom is 0.156 e. The molecule has 0 unspecified atom stereocenters. The van der Waals surface area contributed by atoms with Gasteiger partial charge in [0.1, 0.15) is 11.5 Å². The number of thiazole rings is 1. The highest BCUT2D eigenvalue weighted by atomic mass is 35.5. The molecule has 0 aliphatic carbocycles. The Morgan fingerprint density at radius 1 is 1.12 bits per heavy atom. The molecule has 0 amide bonds. The summed E-state index contributed by atoms with van der Waals surface area (Å²) in [6.45, 7) is 2.99. The van der Waals surface area contributed by atoms with Gasteiger partial charge in [-0.25, -0.2) is 4.98 Å². The predicted octanol–water partition coefficient (Wildman–Crippen LogP) is 5.33. The molecule has 0 saturated carbocycles. The molecule has 24 heavy (non-hydrogen) atoms. The standard InChI is InChI=1S/C17H15Cl2NO3S/c1-2-22-11-3-4-14-15(9-11)24-16(20-14)5-6-23-17-12(18)7-10(21)8-13(17)19/h3-4,7-9,21H,2,5-6H2,1H3. The zero-order chi connectivity index (χ0) is 17.1. The van der Waals surface area contributed by atoms with Gasteiger partial charge in [0.2, 0.25) is 0 Å². The largest absolute Gasteiger partial charge is 0.508 e. The molecule has 1 N–H and O–H groups in total. The Hall–Kier alpha value is -1.69. The number of rotatable bonds is 6. The number of aromatic nitrogens is 1. The van der Waals surface area contributed by atoms with Crippen LogP contribution in [0.4, 0.5) is 0 Å². The van der Waals surface area contributed by atoms with Crippen molar-refractivity contribution < 1.29 is 14.6 Å². The van der Waals surface area contributed by atoms with Gasteiger partial charge in [0, 0.05) is 18.6 Å². The molecule has 0 bridgehead atoms. The van der Waals surface area contributed by atoms with Crippen LogP contribution in [0.15, 0.2) is 30.3 Å². The molecule has 2 aromatic carbocycles. The molecule has 4 nitrogen and oxygen atoms in total. The fourth-order valence-corrected chi connectivity index (χ4v) is 3.80. The van der Waals surface area contributed by atoms with Crippen LogP contribution < -0.4 is 9.47 Å². The second-order valence-electron chi connectivity index (χ2n) is 5.01. The lowest BCUT2D eigenvalue weighted by Crippen LogP contribution is -2.02. The first kappa shape index (κ1) is 17.1. The van der Waals surface area contributed by atoms with E-state index in [2.05, 4.69) is 4.98 Å². The third kappa shape index (κ3) is 3.86. The molecule has 0 radical (unpaired) electrons. The number of halogens is 2. The number of phenolic OH excluding ortho intramolecular Hbond substituents is 1. The lowest BCUT2D eigenvalue weighted by Gasteiger charge is -2.09. The molecular weight excluding hydrogens is 369 g/mol. The fourth-order valence-electron chi connectivity index (χ4n) is 2.24. The summed E-state index contributed by atoms with van der Waals surface area (Å²) in [6, 6.07) is 8.66. The Bertz CT molecular complexity index is 843. The van der Waals surface area contributed by atoms with Gasteiger partial charge in [0.25, 0.3) is 0 Å². The SMILES string of the molecule is CCOc1ccc2nc(CCOc3c(Cl)cc(O)cc3Cl)sc2c1. The second-order valence-corrected chi connectivity index (χ2v) is 6.94. The normalized spacial score (nSPS) is 11.0. The van der Waals surface area contributed by atoms with Crippen molar-refractivity contribution in [2.45, 2.75) is 13.3 Å². The van der Waals surface area contributed by atoms with E-state index in [1.807, 2.05) is 25.1 Å². The zero-order valence-corrected chi connectivity index (χ0v) is 15.2. The summed E-state index contributed by atoms with van der Waals surface area (Å²) in [6.07, 6.45) is 0.636. The van der Waals surface area contributed by atoms with Crippen molar-refractivity contribution in [2.24, 2.45) is 0 Å². The predicted molar refractivity (Wildman–Crippen MR) is 98.1 cm³/mol. The van der Waals surface area contributed by atoms with E-state index < -0.39 is 0 Å². The molecule has 126 valence electrons. The van der Waals surface area contributed by atoms with Gasteiger partial charge >= 0.3 is 0 Å². The summed E-state index contributed by atoms with van der Waals surface area (Å²) in [7, 11) is 0. The molecule has 3 rings (SSSR count). The number of ether oxygens (including phenoxy) is 2. The third-order valence-corrected chi connectivity index (χ3v) is 4.90. The highest BCUT2D eigenvalue weighted by Crippen LogP contribution is 2.36. The molecule has 0 fully saturated rings. The van der Waals surface area contributed by atoms with Gasteiger partial charge in [-0.2, -0.15) is 0 Å². The van der Waals surface area contributed by atoms with Crippen molar-refractivity contribution in [3.05, 3.63) is 45.4 Å². The van der Waals surface area contributed by atoms with Crippen LogP contribution in [0, 0.1) is 0 Å². The number of benzene rings is 2. The topological polar surface area (TPSA) is 51.6 Å². The maximum atomic E-state index is 9.42. The van der Waals surface area contributed by atoms with Gasteiger partial charge in [-0.1, -0.05) is 23.2 Å². The highest BCUT2D eigenvalue weighted by molar-refractivity contribution is 7.18. The van der Waals surface area contributed by atoms with Gasteiger partial charge in [0.05, 0.1) is 38.5 Å². The van der Waals surface area contributed by atoms with Crippen molar-refractivity contribution in [3.8, 4) is 17.2 Å². The van der Waals surface area contributed by atoms with Crippen LogP contribution in [-0.2, 0) is 6.42 Å². The number of aromatic hydroxyl groups is 1. The molecule has 3 aromatic rings. The smallest absolute Gasteiger partial charge is 0.156 e. The van der Waals surface area contributed by atoms with E-state index in [1.54, 1.807) is 11.3 Å².